The average Bonchev–Trinajstić information content (AvgIpc) is 3.22. The zero-order valence-corrected chi connectivity index (χ0v) is 18.3. The summed E-state index contributed by atoms with van der Waals surface area (Å²) in [6.45, 7) is 7.33. The average molecular weight is 410 g/mol. The van der Waals surface area contributed by atoms with E-state index in [1.165, 1.54) is 24.8 Å². The molecule has 1 aliphatic rings. The fourth-order valence-corrected chi connectivity index (χ4v) is 4.23. The number of piperidine rings is 1. The summed E-state index contributed by atoms with van der Waals surface area (Å²) in [5.41, 5.74) is 3.34. The molecule has 7 heteroatoms. The minimum Gasteiger partial charge on any atom is -0.366 e. The molecular formula is C23H33N6O+. The number of hydrogen-bond donors (Lipinski definition) is 1. The highest BCUT2D eigenvalue weighted by Crippen LogP contribution is 2.29. The number of anilines is 2. The zero-order valence-electron chi connectivity index (χ0n) is 18.3. The number of aromatic nitrogens is 4. The molecule has 7 nitrogen and oxygen atoms in total. The Balaban J connectivity index is 1.68. The van der Waals surface area contributed by atoms with Crippen LogP contribution >= 0.6 is 0 Å². The number of rotatable bonds is 8. The Morgan fingerprint density at radius 1 is 1.27 bits per heavy atom. The van der Waals surface area contributed by atoms with Crippen LogP contribution in [0.1, 0.15) is 63.0 Å². The van der Waals surface area contributed by atoms with E-state index in [2.05, 4.69) is 36.2 Å². The lowest BCUT2D eigenvalue weighted by Crippen LogP contribution is -2.40. The summed E-state index contributed by atoms with van der Waals surface area (Å²) in [7, 11) is 1.66. The molecular weight excluding hydrogens is 376 g/mol. The second kappa shape index (κ2) is 9.32. The minimum atomic E-state index is 0.444. The van der Waals surface area contributed by atoms with Crippen molar-refractivity contribution in [1.82, 2.24) is 14.6 Å². The molecule has 1 atom stereocenters. The van der Waals surface area contributed by atoms with Gasteiger partial charge < -0.3 is 10.2 Å². The van der Waals surface area contributed by atoms with Gasteiger partial charge in [0.25, 0.3) is 0 Å². The van der Waals surface area contributed by atoms with Gasteiger partial charge in [0.05, 0.1) is 6.20 Å². The first-order valence-corrected chi connectivity index (χ1v) is 11.1. The lowest BCUT2D eigenvalue weighted by molar-refractivity contribution is -0.885. The Morgan fingerprint density at radius 3 is 2.87 bits per heavy atom. The van der Waals surface area contributed by atoms with Crippen LogP contribution in [0.5, 0.6) is 0 Å². The summed E-state index contributed by atoms with van der Waals surface area (Å²) in [5.74, 6) is 2.47. The van der Waals surface area contributed by atoms with Crippen LogP contribution in [-0.2, 0) is 6.54 Å². The van der Waals surface area contributed by atoms with Crippen LogP contribution in [-0.4, -0.2) is 34.8 Å². The van der Waals surface area contributed by atoms with Crippen LogP contribution in [0.3, 0.4) is 0 Å². The van der Waals surface area contributed by atoms with Crippen molar-refractivity contribution in [1.29, 1.82) is 0 Å². The third kappa shape index (κ3) is 4.35. The topological polar surface area (TPSA) is 58.6 Å². The van der Waals surface area contributed by atoms with Crippen molar-refractivity contribution in [2.75, 3.05) is 30.4 Å². The van der Waals surface area contributed by atoms with Crippen molar-refractivity contribution in [3.05, 3.63) is 47.9 Å². The number of nitrogens with one attached hydrogen (secondary N) is 1. The van der Waals surface area contributed by atoms with Gasteiger partial charge in [-0.1, -0.05) is 20.3 Å². The molecule has 30 heavy (non-hydrogen) atoms. The standard InChI is InChI=1S/C23H33N6O/c1-4-9-18(2)20-16-25-29-21(24-15-19-10-8-13-28(17-19)30-3)14-22(26-23(20)29)27-11-6-5-7-12-27/h8,10,13-14,16-18,24H,4-7,9,11-12,15H2,1-3H3/q+1. The highest BCUT2D eigenvalue weighted by Gasteiger charge is 2.19. The van der Waals surface area contributed by atoms with Crippen molar-refractivity contribution >= 4 is 17.3 Å². The Morgan fingerprint density at radius 2 is 2.10 bits per heavy atom. The maximum Gasteiger partial charge on any atom is 0.227 e. The molecule has 0 bridgehead atoms. The van der Waals surface area contributed by atoms with Crippen LogP contribution in [0.4, 0.5) is 11.6 Å². The Hall–Kier alpha value is -2.83. The molecule has 3 aromatic heterocycles. The van der Waals surface area contributed by atoms with E-state index < -0.39 is 0 Å². The first-order valence-electron chi connectivity index (χ1n) is 11.1. The smallest absolute Gasteiger partial charge is 0.227 e. The molecule has 1 saturated heterocycles. The largest absolute Gasteiger partial charge is 0.366 e. The molecule has 1 unspecified atom stereocenters. The van der Waals surface area contributed by atoms with Gasteiger partial charge in [0, 0.05) is 47.6 Å². The molecule has 4 heterocycles. The van der Waals surface area contributed by atoms with Crippen LogP contribution in [0.25, 0.3) is 5.65 Å². The first-order chi connectivity index (χ1) is 14.7. The second-order valence-electron chi connectivity index (χ2n) is 8.18. The lowest BCUT2D eigenvalue weighted by Gasteiger charge is -2.28. The monoisotopic (exact) mass is 409 g/mol. The molecule has 1 aliphatic heterocycles. The van der Waals surface area contributed by atoms with E-state index in [4.69, 9.17) is 14.9 Å². The van der Waals surface area contributed by atoms with Gasteiger partial charge in [-0.25, -0.2) is 4.98 Å². The predicted octanol–water partition coefficient (Wildman–Crippen LogP) is 3.58. The number of hydrogen-bond acceptors (Lipinski definition) is 5. The van der Waals surface area contributed by atoms with Crippen molar-refractivity contribution in [2.45, 2.75) is 58.4 Å². The minimum absolute atomic E-state index is 0.444. The highest BCUT2D eigenvalue weighted by molar-refractivity contribution is 5.62. The third-order valence-electron chi connectivity index (χ3n) is 5.94. The first kappa shape index (κ1) is 20.4. The molecule has 0 aromatic carbocycles. The quantitative estimate of drug-likeness (QED) is 0.576. The van der Waals surface area contributed by atoms with Gasteiger partial charge >= 0.3 is 0 Å². The van der Waals surface area contributed by atoms with Crippen LogP contribution < -0.4 is 19.8 Å². The molecule has 160 valence electrons. The molecule has 3 aromatic rings. The normalized spacial score (nSPS) is 15.4. The number of pyridine rings is 1. The SMILES string of the molecule is CCCC(C)c1cnn2c(NCc3ccc[n+](OC)c3)cc(N3CCCCC3)nc12. The van der Waals surface area contributed by atoms with Crippen molar-refractivity contribution in [3.8, 4) is 0 Å². The second-order valence-corrected chi connectivity index (χ2v) is 8.18. The van der Waals surface area contributed by atoms with E-state index in [0.717, 1.165) is 48.8 Å². The van der Waals surface area contributed by atoms with Gasteiger partial charge in [-0.05, 0) is 37.7 Å². The molecule has 0 radical (unpaired) electrons. The van der Waals surface area contributed by atoms with Gasteiger partial charge in [0.1, 0.15) is 18.7 Å². The van der Waals surface area contributed by atoms with E-state index >= 15 is 0 Å². The van der Waals surface area contributed by atoms with Crippen LogP contribution in [0.15, 0.2) is 36.8 Å². The summed E-state index contributed by atoms with van der Waals surface area (Å²) in [6, 6.07) is 6.22. The molecule has 4 rings (SSSR count). The fraction of sp³-hybridized carbons (Fsp3) is 0.522. The van der Waals surface area contributed by atoms with Crippen LogP contribution in [0.2, 0.25) is 0 Å². The predicted molar refractivity (Wildman–Crippen MR) is 119 cm³/mol. The Labute approximate surface area is 178 Å². The summed E-state index contributed by atoms with van der Waals surface area (Å²) in [4.78, 5) is 12.8. The highest BCUT2D eigenvalue weighted by atomic mass is 16.6. The van der Waals surface area contributed by atoms with E-state index in [0.29, 0.717) is 12.5 Å². The molecule has 1 fully saturated rings. The maximum atomic E-state index is 5.28. The van der Waals surface area contributed by atoms with Crippen molar-refractivity contribution in [3.63, 3.8) is 0 Å². The Kier molecular flexibility index (Phi) is 6.35. The van der Waals surface area contributed by atoms with E-state index in [1.807, 2.05) is 29.2 Å². The molecule has 0 amide bonds. The van der Waals surface area contributed by atoms with Crippen molar-refractivity contribution in [2.24, 2.45) is 0 Å². The van der Waals surface area contributed by atoms with Gasteiger partial charge in [-0.3, -0.25) is 4.84 Å². The van der Waals surface area contributed by atoms with Gasteiger partial charge in [0.2, 0.25) is 12.4 Å². The summed E-state index contributed by atoms with van der Waals surface area (Å²) < 4.78 is 3.67. The summed E-state index contributed by atoms with van der Waals surface area (Å²) >= 11 is 0. The molecule has 0 spiro atoms. The summed E-state index contributed by atoms with van der Waals surface area (Å²) in [5, 5.41) is 8.28. The zero-order chi connectivity index (χ0) is 20.9. The van der Waals surface area contributed by atoms with E-state index in [-0.39, 0.29) is 0 Å². The fourth-order valence-electron chi connectivity index (χ4n) is 4.23. The van der Waals surface area contributed by atoms with Crippen LogP contribution in [0, 0.1) is 0 Å². The molecule has 0 saturated carbocycles. The Bertz CT molecular complexity index is 979. The van der Waals surface area contributed by atoms with E-state index in [9.17, 15) is 0 Å². The lowest BCUT2D eigenvalue weighted by atomic mass is 9.99. The third-order valence-corrected chi connectivity index (χ3v) is 5.94. The van der Waals surface area contributed by atoms with Crippen molar-refractivity contribution < 1.29 is 9.57 Å². The van der Waals surface area contributed by atoms with E-state index in [1.54, 1.807) is 11.8 Å². The van der Waals surface area contributed by atoms with Gasteiger partial charge in [-0.15, -0.1) is 0 Å². The molecule has 0 aliphatic carbocycles. The van der Waals surface area contributed by atoms with Gasteiger partial charge in [-0.2, -0.15) is 9.61 Å². The number of nitrogens with zero attached hydrogens (tertiary/aromatic N) is 5. The maximum absolute atomic E-state index is 5.28. The molecule has 1 N–H and O–H groups in total. The van der Waals surface area contributed by atoms with Gasteiger partial charge in [0.15, 0.2) is 5.65 Å². The number of fused-ring (bicyclic) bond motifs is 1. The summed E-state index contributed by atoms with van der Waals surface area (Å²) in [6.07, 6.45) is 11.9.